The van der Waals surface area contributed by atoms with Crippen molar-refractivity contribution in [3.63, 3.8) is 0 Å². The molecular weight excluding hydrogens is 180 g/mol. The van der Waals surface area contributed by atoms with Crippen molar-refractivity contribution in [3.8, 4) is 0 Å². The Morgan fingerprint density at radius 3 is 2.79 bits per heavy atom. The quantitative estimate of drug-likeness (QED) is 0.720. The van der Waals surface area contributed by atoms with Gasteiger partial charge in [-0.2, -0.15) is 0 Å². The summed E-state index contributed by atoms with van der Waals surface area (Å²) in [7, 11) is 0. The summed E-state index contributed by atoms with van der Waals surface area (Å²) in [5.74, 6) is 0.690. The van der Waals surface area contributed by atoms with Crippen molar-refractivity contribution in [1.82, 2.24) is 9.97 Å². The van der Waals surface area contributed by atoms with E-state index in [1.54, 1.807) is 6.20 Å². The number of hydrogen-bond acceptors (Lipinski definition) is 4. The van der Waals surface area contributed by atoms with Gasteiger partial charge in [-0.3, -0.25) is 0 Å². The van der Waals surface area contributed by atoms with Crippen LogP contribution in [0, 0.1) is 11.8 Å². The van der Waals surface area contributed by atoms with E-state index in [1.165, 1.54) is 6.33 Å². The molecule has 0 aliphatic heterocycles. The van der Waals surface area contributed by atoms with E-state index in [0.717, 1.165) is 12.1 Å². The second-order valence-corrected chi connectivity index (χ2v) is 3.77. The SMILES string of the molecule is OC[C@H]1CC(c2ccncn2)[C@@H]1CO. The second-order valence-electron chi connectivity index (χ2n) is 3.77. The predicted octanol–water partition coefficient (Wildman–Crippen LogP) is 0.181. The van der Waals surface area contributed by atoms with Crippen molar-refractivity contribution in [3.05, 3.63) is 24.3 Å². The fraction of sp³-hybridized carbons (Fsp3) is 0.600. The summed E-state index contributed by atoms with van der Waals surface area (Å²) in [6.45, 7) is 0.284. The average molecular weight is 194 g/mol. The molecule has 1 aromatic heterocycles. The molecule has 0 bridgehead atoms. The number of aliphatic hydroxyl groups is 2. The van der Waals surface area contributed by atoms with E-state index in [2.05, 4.69) is 9.97 Å². The number of aliphatic hydroxyl groups excluding tert-OH is 2. The van der Waals surface area contributed by atoms with E-state index in [-0.39, 0.29) is 25.0 Å². The van der Waals surface area contributed by atoms with Crippen LogP contribution in [0.2, 0.25) is 0 Å². The third-order valence-corrected chi connectivity index (χ3v) is 3.11. The molecule has 1 aromatic rings. The number of rotatable bonds is 3. The molecule has 1 saturated carbocycles. The molecule has 0 saturated heterocycles. The van der Waals surface area contributed by atoms with Crippen LogP contribution in [0.3, 0.4) is 0 Å². The van der Waals surface area contributed by atoms with Crippen molar-refractivity contribution in [2.24, 2.45) is 11.8 Å². The monoisotopic (exact) mass is 194 g/mol. The molecule has 0 spiro atoms. The first-order valence-corrected chi connectivity index (χ1v) is 4.84. The summed E-state index contributed by atoms with van der Waals surface area (Å²) in [6.07, 6.45) is 4.15. The van der Waals surface area contributed by atoms with E-state index in [9.17, 15) is 0 Å². The Morgan fingerprint density at radius 1 is 1.36 bits per heavy atom. The highest BCUT2D eigenvalue weighted by molar-refractivity contribution is 5.13. The van der Waals surface area contributed by atoms with Crippen LogP contribution in [0.25, 0.3) is 0 Å². The molecule has 4 nitrogen and oxygen atoms in total. The minimum Gasteiger partial charge on any atom is -0.396 e. The zero-order chi connectivity index (χ0) is 9.97. The van der Waals surface area contributed by atoms with Gasteiger partial charge in [-0.25, -0.2) is 9.97 Å². The topological polar surface area (TPSA) is 66.2 Å². The molecule has 1 unspecified atom stereocenters. The summed E-state index contributed by atoms with van der Waals surface area (Å²) in [5.41, 5.74) is 0.976. The van der Waals surface area contributed by atoms with Gasteiger partial charge >= 0.3 is 0 Å². The van der Waals surface area contributed by atoms with Crippen molar-refractivity contribution < 1.29 is 10.2 Å². The van der Waals surface area contributed by atoms with Crippen molar-refractivity contribution in [1.29, 1.82) is 0 Å². The molecule has 2 rings (SSSR count). The summed E-state index contributed by atoms with van der Waals surface area (Å²) < 4.78 is 0. The Labute approximate surface area is 82.6 Å². The highest BCUT2D eigenvalue weighted by atomic mass is 16.3. The zero-order valence-electron chi connectivity index (χ0n) is 7.87. The van der Waals surface area contributed by atoms with Gasteiger partial charge < -0.3 is 10.2 Å². The molecular formula is C10H14N2O2. The largest absolute Gasteiger partial charge is 0.396 e. The lowest BCUT2D eigenvalue weighted by molar-refractivity contribution is 0.0205. The molecule has 76 valence electrons. The van der Waals surface area contributed by atoms with Crippen LogP contribution in [0.4, 0.5) is 0 Å². The highest BCUT2D eigenvalue weighted by Crippen LogP contribution is 2.45. The lowest BCUT2D eigenvalue weighted by Gasteiger charge is -2.42. The summed E-state index contributed by atoms with van der Waals surface area (Å²) in [5, 5.41) is 18.2. The van der Waals surface area contributed by atoms with Crippen LogP contribution in [-0.2, 0) is 0 Å². The van der Waals surface area contributed by atoms with Gasteiger partial charge in [-0.1, -0.05) is 0 Å². The molecule has 0 aromatic carbocycles. The van der Waals surface area contributed by atoms with Crippen LogP contribution < -0.4 is 0 Å². The molecule has 14 heavy (non-hydrogen) atoms. The fourth-order valence-corrected chi connectivity index (χ4v) is 2.16. The molecule has 1 fully saturated rings. The van der Waals surface area contributed by atoms with Crippen LogP contribution in [0.1, 0.15) is 18.0 Å². The van der Waals surface area contributed by atoms with E-state index >= 15 is 0 Å². The van der Waals surface area contributed by atoms with Gasteiger partial charge in [0.25, 0.3) is 0 Å². The third-order valence-electron chi connectivity index (χ3n) is 3.11. The van der Waals surface area contributed by atoms with Gasteiger partial charge in [0.15, 0.2) is 0 Å². The van der Waals surface area contributed by atoms with Crippen molar-refractivity contribution in [2.45, 2.75) is 12.3 Å². The Bertz CT molecular complexity index is 291. The fourth-order valence-electron chi connectivity index (χ4n) is 2.16. The molecule has 0 amide bonds. The predicted molar refractivity (Wildman–Crippen MR) is 50.5 cm³/mol. The number of hydrogen-bond donors (Lipinski definition) is 2. The van der Waals surface area contributed by atoms with Gasteiger partial charge in [0.1, 0.15) is 6.33 Å². The van der Waals surface area contributed by atoms with E-state index in [4.69, 9.17) is 10.2 Å². The lowest BCUT2D eigenvalue weighted by atomic mass is 9.64. The maximum Gasteiger partial charge on any atom is 0.115 e. The molecule has 2 N–H and O–H groups in total. The molecule has 1 aliphatic carbocycles. The maximum absolute atomic E-state index is 9.16. The maximum atomic E-state index is 9.16. The average Bonchev–Trinajstić information content (AvgIpc) is 2.19. The highest BCUT2D eigenvalue weighted by Gasteiger charge is 2.41. The minimum absolute atomic E-state index is 0.125. The number of nitrogens with zero attached hydrogens (tertiary/aromatic N) is 2. The molecule has 4 heteroatoms. The molecule has 1 heterocycles. The summed E-state index contributed by atoms with van der Waals surface area (Å²) in [6, 6.07) is 1.88. The third kappa shape index (κ3) is 1.51. The number of aromatic nitrogens is 2. The Hall–Kier alpha value is -1.00. The second kappa shape index (κ2) is 4.02. The van der Waals surface area contributed by atoms with Gasteiger partial charge in [0.05, 0.1) is 0 Å². The molecule has 0 radical (unpaired) electrons. The van der Waals surface area contributed by atoms with Crippen LogP contribution in [0.15, 0.2) is 18.6 Å². The zero-order valence-corrected chi connectivity index (χ0v) is 7.87. The van der Waals surface area contributed by atoms with E-state index in [1.807, 2.05) is 6.07 Å². The van der Waals surface area contributed by atoms with Crippen molar-refractivity contribution >= 4 is 0 Å². The first-order chi connectivity index (χ1) is 6.86. The first kappa shape index (κ1) is 9.55. The van der Waals surface area contributed by atoms with E-state index in [0.29, 0.717) is 5.92 Å². The molecule has 3 atom stereocenters. The Kier molecular flexibility index (Phi) is 2.74. The Balaban J connectivity index is 2.08. The van der Waals surface area contributed by atoms with Gasteiger partial charge in [-0.15, -0.1) is 0 Å². The van der Waals surface area contributed by atoms with Crippen LogP contribution in [-0.4, -0.2) is 33.4 Å². The van der Waals surface area contributed by atoms with Crippen LogP contribution >= 0.6 is 0 Å². The smallest absolute Gasteiger partial charge is 0.115 e. The van der Waals surface area contributed by atoms with E-state index < -0.39 is 0 Å². The first-order valence-electron chi connectivity index (χ1n) is 4.84. The summed E-state index contributed by atoms with van der Waals surface area (Å²) in [4.78, 5) is 8.02. The lowest BCUT2D eigenvalue weighted by Crippen LogP contribution is -2.39. The van der Waals surface area contributed by atoms with Gasteiger partial charge in [-0.05, 0) is 24.3 Å². The van der Waals surface area contributed by atoms with Gasteiger partial charge in [0.2, 0.25) is 0 Å². The minimum atomic E-state index is 0.125. The normalized spacial score (nSPS) is 31.1. The van der Waals surface area contributed by atoms with Gasteiger partial charge in [0, 0.05) is 31.0 Å². The Morgan fingerprint density at radius 2 is 2.21 bits per heavy atom. The van der Waals surface area contributed by atoms with Crippen LogP contribution in [0.5, 0.6) is 0 Å². The van der Waals surface area contributed by atoms with Crippen molar-refractivity contribution in [2.75, 3.05) is 13.2 Å². The summed E-state index contributed by atoms with van der Waals surface area (Å²) >= 11 is 0. The molecule has 1 aliphatic rings. The standard InChI is InChI=1S/C10H14N2O2/c13-4-7-3-8(9(7)5-14)10-1-2-11-6-12-10/h1-2,6-9,13-14H,3-5H2/t7-,8?,9-/m1/s1.